The van der Waals surface area contributed by atoms with Gasteiger partial charge in [-0.15, -0.1) is 24.9 Å². The van der Waals surface area contributed by atoms with Crippen LogP contribution in [0.5, 0.6) is 0 Å². The van der Waals surface area contributed by atoms with E-state index < -0.39 is 34.6 Å². The number of ether oxygens (including phenoxy) is 1. The Morgan fingerprint density at radius 3 is 2.75 bits per heavy atom. The van der Waals surface area contributed by atoms with E-state index in [9.17, 15) is 19.5 Å². The highest BCUT2D eigenvalue weighted by atomic mass is 35.5. The number of hydrogen-bond acceptors (Lipinski definition) is 6. The van der Waals surface area contributed by atoms with Gasteiger partial charge >= 0.3 is 5.97 Å². The van der Waals surface area contributed by atoms with E-state index in [1.54, 1.807) is 58.0 Å². The lowest BCUT2D eigenvalue weighted by atomic mass is 9.71. The van der Waals surface area contributed by atoms with Crippen molar-refractivity contribution in [2.45, 2.75) is 54.7 Å². The molecule has 3 saturated heterocycles. The minimum absolute atomic E-state index is 0.0880. The monoisotopic (exact) mass is 532 g/mol. The maximum absolute atomic E-state index is 14.4. The molecular weight excluding hydrogens is 500 g/mol. The summed E-state index contributed by atoms with van der Waals surface area (Å²) in [4.78, 5) is 44.7. The van der Waals surface area contributed by atoms with Crippen LogP contribution in [0.1, 0.15) is 32.6 Å². The zero-order chi connectivity index (χ0) is 26.0. The van der Waals surface area contributed by atoms with Gasteiger partial charge in [0.15, 0.2) is 0 Å². The second-order valence-corrected chi connectivity index (χ2v) is 11.5. The van der Waals surface area contributed by atoms with E-state index in [1.165, 1.54) is 0 Å². The highest BCUT2D eigenvalue weighted by Gasteiger charge is 2.74. The maximum Gasteiger partial charge on any atom is 0.310 e. The standard InChI is InChI=1S/C27H33ClN2O5S/c1-4-7-15-35-26(34)21-20-12-13-27(36-20)22(21)24(32)30(17(6-3)16-31)23(27)25(33)29(14-5-2)19-11-9-8-10-18(19)28/h4-5,8-11,17,20-23,31H,1-2,6-7,12-16H2,3H3/t17-,20+,21-,22-,23?,27?/m0/s1. The first kappa shape index (κ1) is 26.8. The van der Waals surface area contributed by atoms with Crippen molar-refractivity contribution in [2.75, 3.05) is 24.7 Å². The minimum Gasteiger partial charge on any atom is -0.465 e. The second kappa shape index (κ2) is 11.0. The van der Waals surface area contributed by atoms with Gasteiger partial charge in [-0.2, -0.15) is 0 Å². The SMILES string of the molecule is C=CCCOC(=O)[C@@H]1[C@H]2C(=O)N([C@@H](CC)CO)C(C(=O)N(CC=C)c3ccccc3Cl)C23CC[C@H]1S3. The Morgan fingerprint density at radius 2 is 2.11 bits per heavy atom. The van der Waals surface area contributed by atoms with Gasteiger partial charge in [-0.3, -0.25) is 14.4 Å². The minimum atomic E-state index is -0.843. The van der Waals surface area contributed by atoms with Crippen LogP contribution >= 0.6 is 23.4 Å². The molecular formula is C27H33ClN2O5S. The summed E-state index contributed by atoms with van der Waals surface area (Å²) in [5.41, 5.74) is 0.534. The van der Waals surface area contributed by atoms with Gasteiger partial charge < -0.3 is 19.6 Å². The number of esters is 1. The second-order valence-electron chi connectivity index (χ2n) is 9.48. The lowest BCUT2D eigenvalue weighted by molar-refractivity contribution is -0.154. The molecule has 2 amide bonds. The molecule has 194 valence electrons. The molecule has 0 radical (unpaired) electrons. The molecule has 0 aliphatic carbocycles. The number of carbonyl (C=O) groups is 3. The van der Waals surface area contributed by atoms with Gasteiger partial charge in [0.25, 0.3) is 5.91 Å². The lowest BCUT2D eigenvalue weighted by Crippen LogP contribution is -2.57. The summed E-state index contributed by atoms with van der Waals surface area (Å²) in [6, 6.07) is 5.69. The van der Waals surface area contributed by atoms with E-state index >= 15 is 0 Å². The molecule has 1 aromatic carbocycles. The zero-order valence-electron chi connectivity index (χ0n) is 20.5. The Kier molecular flexibility index (Phi) is 8.17. The van der Waals surface area contributed by atoms with E-state index in [0.29, 0.717) is 30.0 Å². The van der Waals surface area contributed by atoms with Crippen LogP contribution in [0.15, 0.2) is 49.6 Å². The first-order chi connectivity index (χ1) is 17.4. The van der Waals surface area contributed by atoms with Crippen molar-refractivity contribution in [3.05, 3.63) is 54.6 Å². The van der Waals surface area contributed by atoms with Crippen LogP contribution in [0.25, 0.3) is 0 Å². The number of anilines is 1. The third kappa shape index (κ3) is 4.27. The fourth-order valence-electron chi connectivity index (χ4n) is 6.04. The number of amides is 2. The summed E-state index contributed by atoms with van der Waals surface area (Å²) in [6.45, 7) is 9.50. The van der Waals surface area contributed by atoms with Gasteiger partial charge in [0.05, 0.1) is 46.5 Å². The number of carbonyl (C=O) groups excluding carboxylic acids is 3. The number of para-hydroxylation sites is 1. The number of nitrogens with zero attached hydrogens (tertiary/aromatic N) is 2. The van der Waals surface area contributed by atoms with Crippen molar-refractivity contribution in [1.82, 2.24) is 4.90 Å². The molecule has 2 unspecified atom stereocenters. The number of rotatable bonds is 11. The number of hydrogen-bond donors (Lipinski definition) is 1. The molecule has 3 aliphatic heterocycles. The zero-order valence-corrected chi connectivity index (χ0v) is 22.0. The van der Waals surface area contributed by atoms with Crippen molar-refractivity contribution in [1.29, 1.82) is 0 Å². The largest absolute Gasteiger partial charge is 0.465 e. The van der Waals surface area contributed by atoms with Gasteiger partial charge in [-0.25, -0.2) is 0 Å². The Hall–Kier alpha value is -2.29. The number of aliphatic hydroxyl groups excluding tert-OH is 1. The lowest BCUT2D eigenvalue weighted by Gasteiger charge is -2.39. The Bertz CT molecular complexity index is 1050. The molecule has 1 spiro atoms. The van der Waals surface area contributed by atoms with Gasteiger partial charge in [0.2, 0.25) is 5.91 Å². The molecule has 0 saturated carbocycles. The average molecular weight is 533 g/mol. The summed E-state index contributed by atoms with van der Waals surface area (Å²) in [6.07, 6.45) is 5.66. The highest BCUT2D eigenvalue weighted by Crippen LogP contribution is 2.67. The molecule has 3 fully saturated rings. The fourth-order valence-corrected chi connectivity index (χ4v) is 8.46. The maximum atomic E-state index is 14.4. The van der Waals surface area contributed by atoms with E-state index in [0.717, 1.165) is 6.42 Å². The van der Waals surface area contributed by atoms with E-state index in [2.05, 4.69) is 13.2 Å². The van der Waals surface area contributed by atoms with Crippen molar-refractivity contribution >= 4 is 46.8 Å². The first-order valence-electron chi connectivity index (χ1n) is 12.4. The van der Waals surface area contributed by atoms with Crippen LogP contribution in [-0.4, -0.2) is 69.6 Å². The van der Waals surface area contributed by atoms with E-state index in [-0.39, 0.29) is 36.8 Å². The fraction of sp³-hybridized carbons (Fsp3) is 0.519. The highest BCUT2D eigenvalue weighted by molar-refractivity contribution is 8.02. The van der Waals surface area contributed by atoms with Crippen LogP contribution in [0.3, 0.4) is 0 Å². The van der Waals surface area contributed by atoms with Crippen molar-refractivity contribution in [3.8, 4) is 0 Å². The molecule has 3 aliphatic rings. The summed E-state index contributed by atoms with van der Waals surface area (Å²) in [7, 11) is 0. The first-order valence-corrected chi connectivity index (χ1v) is 13.7. The number of halogens is 1. The third-order valence-corrected chi connectivity index (χ3v) is 9.88. The molecule has 2 bridgehead atoms. The molecule has 7 nitrogen and oxygen atoms in total. The smallest absolute Gasteiger partial charge is 0.310 e. The van der Waals surface area contributed by atoms with Gasteiger partial charge in [0.1, 0.15) is 6.04 Å². The number of aliphatic hydroxyl groups is 1. The van der Waals surface area contributed by atoms with Crippen LogP contribution < -0.4 is 4.90 Å². The molecule has 6 atom stereocenters. The van der Waals surface area contributed by atoms with Crippen molar-refractivity contribution in [2.24, 2.45) is 11.8 Å². The third-order valence-electron chi connectivity index (χ3n) is 7.61. The summed E-state index contributed by atoms with van der Waals surface area (Å²) in [5.74, 6) is -2.23. The van der Waals surface area contributed by atoms with Crippen molar-refractivity contribution in [3.63, 3.8) is 0 Å². The summed E-state index contributed by atoms with van der Waals surface area (Å²) in [5, 5.41) is 10.5. The van der Waals surface area contributed by atoms with Crippen LogP contribution in [0.2, 0.25) is 5.02 Å². The van der Waals surface area contributed by atoms with Crippen molar-refractivity contribution < 1.29 is 24.2 Å². The summed E-state index contributed by atoms with van der Waals surface area (Å²) < 4.78 is 4.74. The molecule has 0 aromatic heterocycles. The number of thioether (sulfide) groups is 1. The molecule has 36 heavy (non-hydrogen) atoms. The predicted molar refractivity (Wildman–Crippen MR) is 142 cm³/mol. The van der Waals surface area contributed by atoms with E-state index in [1.807, 2.05) is 6.92 Å². The average Bonchev–Trinajstić information content (AvgIpc) is 3.51. The van der Waals surface area contributed by atoms with Gasteiger partial charge in [0, 0.05) is 11.8 Å². The molecule has 4 rings (SSSR count). The van der Waals surface area contributed by atoms with Gasteiger partial charge in [-0.05, 0) is 37.8 Å². The number of benzene rings is 1. The predicted octanol–water partition coefficient (Wildman–Crippen LogP) is 3.84. The topological polar surface area (TPSA) is 87.1 Å². The molecule has 3 heterocycles. The van der Waals surface area contributed by atoms with Gasteiger partial charge in [-0.1, -0.05) is 42.8 Å². The van der Waals surface area contributed by atoms with Crippen LogP contribution in [-0.2, 0) is 19.1 Å². The number of fused-ring (bicyclic) bond motifs is 1. The normalized spacial score (nSPS) is 29.1. The van der Waals surface area contributed by atoms with Crippen LogP contribution in [0.4, 0.5) is 5.69 Å². The summed E-state index contributed by atoms with van der Waals surface area (Å²) >= 11 is 8.05. The molecule has 9 heteroatoms. The number of likely N-dealkylation sites (tertiary alicyclic amines) is 1. The Balaban J connectivity index is 1.78. The molecule has 1 aromatic rings. The van der Waals surface area contributed by atoms with Crippen LogP contribution in [0, 0.1) is 11.8 Å². The Labute approximate surface area is 221 Å². The van der Waals surface area contributed by atoms with E-state index in [4.69, 9.17) is 16.3 Å². The molecule has 1 N–H and O–H groups in total. The quantitative estimate of drug-likeness (QED) is 0.265. The Morgan fingerprint density at radius 1 is 1.36 bits per heavy atom.